The predicted molar refractivity (Wildman–Crippen MR) is 123 cm³/mol. The summed E-state index contributed by atoms with van der Waals surface area (Å²) in [7, 11) is 0. The van der Waals surface area contributed by atoms with Crippen LogP contribution in [0, 0.1) is 5.92 Å². The van der Waals surface area contributed by atoms with Gasteiger partial charge in [-0.15, -0.1) is 0 Å². The Balaban J connectivity index is 1.56. The third kappa shape index (κ3) is 5.58. The highest BCUT2D eigenvalue weighted by Crippen LogP contribution is 2.24. The van der Waals surface area contributed by atoms with E-state index >= 15 is 0 Å². The minimum absolute atomic E-state index is 0.0471. The van der Waals surface area contributed by atoms with E-state index in [1.807, 2.05) is 42.5 Å². The number of carboxylic acids is 1. The molecular formula is C25H28N4O4. The van der Waals surface area contributed by atoms with Gasteiger partial charge >= 0.3 is 5.97 Å². The molecule has 33 heavy (non-hydrogen) atoms. The van der Waals surface area contributed by atoms with Crippen LogP contribution in [0.5, 0.6) is 0 Å². The second-order valence-corrected chi connectivity index (χ2v) is 8.51. The van der Waals surface area contributed by atoms with Gasteiger partial charge in [0, 0.05) is 37.8 Å². The number of nitrogens with zero attached hydrogens (tertiary/aromatic N) is 2. The minimum Gasteiger partial charge on any atom is -0.480 e. The Bertz CT molecular complexity index is 1120. The number of likely N-dealkylation sites (tertiary alicyclic amines) is 1. The summed E-state index contributed by atoms with van der Waals surface area (Å²) in [6, 6.07) is 12.7. The van der Waals surface area contributed by atoms with Gasteiger partial charge in [0.05, 0.1) is 12.2 Å². The van der Waals surface area contributed by atoms with Crippen molar-refractivity contribution in [1.82, 2.24) is 20.2 Å². The molecule has 8 nitrogen and oxygen atoms in total. The summed E-state index contributed by atoms with van der Waals surface area (Å²) in [5.41, 5.74) is 1.57. The number of carbonyl (C=O) groups is 3. The van der Waals surface area contributed by atoms with Crippen LogP contribution < -0.4 is 5.32 Å². The molecule has 2 heterocycles. The van der Waals surface area contributed by atoms with Gasteiger partial charge in [-0.1, -0.05) is 42.5 Å². The number of hydrogen-bond acceptors (Lipinski definition) is 4. The highest BCUT2D eigenvalue weighted by molar-refractivity contribution is 5.90. The second-order valence-electron chi connectivity index (χ2n) is 8.51. The molecule has 8 heteroatoms. The van der Waals surface area contributed by atoms with Crippen molar-refractivity contribution in [2.45, 2.75) is 38.1 Å². The van der Waals surface area contributed by atoms with E-state index in [0.717, 1.165) is 29.2 Å². The summed E-state index contributed by atoms with van der Waals surface area (Å²) >= 11 is 0. The van der Waals surface area contributed by atoms with Gasteiger partial charge in [-0.25, -0.2) is 9.78 Å². The first-order valence-electron chi connectivity index (χ1n) is 11.3. The fraction of sp³-hybridized carbons (Fsp3) is 0.360. The zero-order valence-corrected chi connectivity index (χ0v) is 18.4. The lowest BCUT2D eigenvalue weighted by atomic mass is 9.91. The number of rotatable bonds is 9. The third-order valence-electron chi connectivity index (χ3n) is 6.19. The monoisotopic (exact) mass is 448 g/mol. The molecule has 1 saturated heterocycles. The topological polar surface area (TPSA) is 115 Å². The predicted octanol–water partition coefficient (Wildman–Crippen LogP) is 2.55. The van der Waals surface area contributed by atoms with Crippen LogP contribution in [-0.4, -0.2) is 56.9 Å². The molecule has 1 aliphatic heterocycles. The molecule has 1 aromatic heterocycles. The number of fused-ring (bicyclic) bond motifs is 1. The molecule has 1 unspecified atom stereocenters. The van der Waals surface area contributed by atoms with Crippen molar-refractivity contribution in [2.75, 3.05) is 13.1 Å². The number of aromatic nitrogens is 2. The summed E-state index contributed by atoms with van der Waals surface area (Å²) in [5.74, 6) is -2.30. The van der Waals surface area contributed by atoms with E-state index in [4.69, 9.17) is 0 Å². The number of aliphatic carboxylic acids is 1. The van der Waals surface area contributed by atoms with Crippen LogP contribution in [0.2, 0.25) is 0 Å². The molecule has 0 bridgehead atoms. The molecule has 0 saturated carbocycles. The number of imidazole rings is 1. The molecule has 1 aliphatic rings. The van der Waals surface area contributed by atoms with E-state index in [-0.39, 0.29) is 18.7 Å². The Morgan fingerprint density at radius 1 is 1.06 bits per heavy atom. The summed E-state index contributed by atoms with van der Waals surface area (Å²) in [6.07, 6.45) is 5.42. The molecule has 0 spiro atoms. The van der Waals surface area contributed by atoms with E-state index in [9.17, 15) is 19.5 Å². The number of nitrogens with one attached hydrogen (secondary N) is 2. The fourth-order valence-corrected chi connectivity index (χ4v) is 4.41. The normalized spacial score (nSPS) is 15.3. The van der Waals surface area contributed by atoms with Crippen LogP contribution in [0.3, 0.4) is 0 Å². The smallest absolute Gasteiger partial charge is 0.326 e. The number of benzene rings is 2. The maximum Gasteiger partial charge on any atom is 0.326 e. The first-order chi connectivity index (χ1) is 16.0. The van der Waals surface area contributed by atoms with Crippen LogP contribution in [0.1, 0.15) is 30.5 Å². The second kappa shape index (κ2) is 10.3. The van der Waals surface area contributed by atoms with Crippen molar-refractivity contribution in [3.63, 3.8) is 0 Å². The standard InChI is InChI=1S/C25H28N4O4/c30-23(29-10-3-4-11-29)13-19(12-18-8-5-7-17-6-1-2-9-21(17)18)24(31)28-22(25(32)33)14-20-15-26-16-27-20/h1-2,5-9,15-16,19,22H,3-4,10-14H2,(H,26,27)(H,28,31)(H,32,33)/t19?,22-/m0/s1. The number of carbonyl (C=O) groups excluding carboxylic acids is 2. The molecular weight excluding hydrogens is 420 g/mol. The number of H-pyrrole nitrogens is 1. The Labute approximate surface area is 192 Å². The molecule has 4 rings (SSSR count). The van der Waals surface area contributed by atoms with Crippen molar-refractivity contribution < 1.29 is 19.5 Å². The van der Waals surface area contributed by atoms with Gasteiger partial charge in [-0.05, 0) is 35.6 Å². The van der Waals surface area contributed by atoms with E-state index in [2.05, 4.69) is 15.3 Å². The van der Waals surface area contributed by atoms with Crippen LogP contribution in [-0.2, 0) is 27.2 Å². The number of amides is 2. The fourth-order valence-electron chi connectivity index (χ4n) is 4.41. The maximum absolute atomic E-state index is 13.3. The Kier molecular flexibility index (Phi) is 7.02. The van der Waals surface area contributed by atoms with Gasteiger partial charge < -0.3 is 20.3 Å². The molecule has 2 amide bonds. The number of aromatic amines is 1. The van der Waals surface area contributed by atoms with E-state index in [1.165, 1.54) is 12.5 Å². The molecule has 2 atom stereocenters. The number of hydrogen-bond donors (Lipinski definition) is 3. The largest absolute Gasteiger partial charge is 0.480 e. The van der Waals surface area contributed by atoms with Crippen LogP contribution in [0.15, 0.2) is 55.0 Å². The Morgan fingerprint density at radius 3 is 2.55 bits per heavy atom. The summed E-state index contributed by atoms with van der Waals surface area (Å²) in [5, 5.41) is 14.4. The van der Waals surface area contributed by atoms with Crippen LogP contribution in [0.25, 0.3) is 10.8 Å². The van der Waals surface area contributed by atoms with Crippen molar-refractivity contribution in [2.24, 2.45) is 5.92 Å². The number of carboxylic acid groups (broad SMARTS) is 1. The first kappa shape index (κ1) is 22.5. The van der Waals surface area contributed by atoms with Crippen molar-refractivity contribution >= 4 is 28.6 Å². The van der Waals surface area contributed by atoms with Crippen molar-refractivity contribution in [1.29, 1.82) is 0 Å². The molecule has 3 N–H and O–H groups in total. The highest BCUT2D eigenvalue weighted by Gasteiger charge is 2.30. The third-order valence-corrected chi connectivity index (χ3v) is 6.19. The molecule has 1 fully saturated rings. The van der Waals surface area contributed by atoms with Gasteiger partial charge in [-0.3, -0.25) is 9.59 Å². The zero-order valence-electron chi connectivity index (χ0n) is 18.4. The Morgan fingerprint density at radius 2 is 1.82 bits per heavy atom. The van der Waals surface area contributed by atoms with Gasteiger partial charge in [0.2, 0.25) is 11.8 Å². The van der Waals surface area contributed by atoms with Crippen molar-refractivity contribution in [3.8, 4) is 0 Å². The average molecular weight is 449 g/mol. The molecule has 0 radical (unpaired) electrons. The van der Waals surface area contributed by atoms with E-state index in [1.54, 1.807) is 4.90 Å². The maximum atomic E-state index is 13.3. The van der Waals surface area contributed by atoms with Gasteiger partial charge in [0.25, 0.3) is 0 Å². The van der Waals surface area contributed by atoms with Crippen LogP contribution in [0.4, 0.5) is 0 Å². The zero-order chi connectivity index (χ0) is 23.2. The highest BCUT2D eigenvalue weighted by atomic mass is 16.4. The Hall–Kier alpha value is -3.68. The lowest BCUT2D eigenvalue weighted by Gasteiger charge is -2.23. The first-order valence-corrected chi connectivity index (χ1v) is 11.3. The average Bonchev–Trinajstić information content (AvgIpc) is 3.53. The lowest BCUT2D eigenvalue weighted by Crippen LogP contribution is -2.46. The van der Waals surface area contributed by atoms with Gasteiger partial charge in [0.15, 0.2) is 0 Å². The van der Waals surface area contributed by atoms with Gasteiger partial charge in [0.1, 0.15) is 6.04 Å². The summed E-state index contributed by atoms with van der Waals surface area (Å²) in [4.78, 5) is 46.6. The molecule has 3 aromatic rings. The minimum atomic E-state index is -1.13. The van der Waals surface area contributed by atoms with Gasteiger partial charge in [-0.2, -0.15) is 0 Å². The van der Waals surface area contributed by atoms with E-state index < -0.39 is 23.8 Å². The van der Waals surface area contributed by atoms with Crippen LogP contribution >= 0.6 is 0 Å². The SMILES string of the molecule is O=C(N[C@@H](Cc1cnc[nH]1)C(=O)O)C(CC(=O)N1CCCC1)Cc1cccc2ccccc12. The van der Waals surface area contributed by atoms with Crippen molar-refractivity contribution in [3.05, 3.63) is 66.2 Å². The summed E-state index contributed by atoms with van der Waals surface area (Å²) < 4.78 is 0. The molecule has 172 valence electrons. The lowest BCUT2D eigenvalue weighted by molar-refractivity contribution is -0.143. The summed E-state index contributed by atoms with van der Waals surface area (Å²) in [6.45, 7) is 1.41. The molecule has 0 aliphatic carbocycles. The van der Waals surface area contributed by atoms with E-state index in [0.29, 0.717) is 25.2 Å². The quantitative estimate of drug-likeness (QED) is 0.465. The molecule has 2 aromatic carbocycles.